The topological polar surface area (TPSA) is 66.5 Å². The first-order valence-electron chi connectivity index (χ1n) is 8.32. The molecular weight excluding hydrogens is 355 g/mol. The van der Waals surface area contributed by atoms with Crippen molar-refractivity contribution in [3.63, 3.8) is 0 Å². The molecule has 0 saturated carbocycles. The van der Waals surface area contributed by atoms with E-state index < -0.39 is 15.8 Å². The van der Waals surface area contributed by atoms with Crippen LogP contribution in [0.1, 0.15) is 24.0 Å². The Balaban J connectivity index is 1.89. The summed E-state index contributed by atoms with van der Waals surface area (Å²) in [7, 11) is -3.64. The summed E-state index contributed by atoms with van der Waals surface area (Å²) in [6, 6.07) is 13.5. The zero-order valence-corrected chi connectivity index (χ0v) is 15.7. The van der Waals surface area contributed by atoms with Gasteiger partial charge in [-0.25, -0.2) is 12.8 Å². The number of amides is 1. The van der Waals surface area contributed by atoms with Gasteiger partial charge in [0.1, 0.15) is 5.82 Å². The van der Waals surface area contributed by atoms with Crippen molar-refractivity contribution in [3.05, 3.63) is 65.5 Å². The van der Waals surface area contributed by atoms with Crippen molar-refractivity contribution in [1.29, 1.82) is 0 Å². The first-order valence-corrected chi connectivity index (χ1v) is 10.2. The van der Waals surface area contributed by atoms with Crippen molar-refractivity contribution in [2.24, 2.45) is 0 Å². The lowest BCUT2D eigenvalue weighted by Gasteiger charge is -2.22. The van der Waals surface area contributed by atoms with E-state index in [2.05, 4.69) is 5.32 Å². The molecule has 140 valence electrons. The number of carbonyl (C=O) groups is 1. The van der Waals surface area contributed by atoms with Gasteiger partial charge in [0.25, 0.3) is 0 Å². The van der Waals surface area contributed by atoms with Crippen LogP contribution in [0.2, 0.25) is 0 Å². The van der Waals surface area contributed by atoms with E-state index in [0.717, 1.165) is 21.7 Å². The number of aryl methyl sites for hydroxylation is 1. The maximum absolute atomic E-state index is 13.9. The maximum atomic E-state index is 13.9. The highest BCUT2D eigenvalue weighted by Gasteiger charge is 2.20. The highest BCUT2D eigenvalue weighted by molar-refractivity contribution is 7.92. The number of rotatable bonds is 8. The van der Waals surface area contributed by atoms with Gasteiger partial charge >= 0.3 is 0 Å². The van der Waals surface area contributed by atoms with Gasteiger partial charge in [0, 0.05) is 19.5 Å². The first kappa shape index (κ1) is 19.9. The summed E-state index contributed by atoms with van der Waals surface area (Å²) in [6.07, 6.45) is 1.48. The fraction of sp³-hybridized carbons (Fsp3) is 0.316. The van der Waals surface area contributed by atoms with Gasteiger partial charge in [-0.3, -0.25) is 9.10 Å². The number of hydrogen-bond acceptors (Lipinski definition) is 3. The van der Waals surface area contributed by atoms with E-state index in [0.29, 0.717) is 13.0 Å². The van der Waals surface area contributed by atoms with Crippen LogP contribution in [0.5, 0.6) is 0 Å². The minimum absolute atomic E-state index is 0.00447. The van der Waals surface area contributed by atoms with Gasteiger partial charge in [-0.15, -0.1) is 0 Å². The number of nitrogens with one attached hydrogen (secondary N) is 1. The van der Waals surface area contributed by atoms with E-state index in [4.69, 9.17) is 0 Å². The summed E-state index contributed by atoms with van der Waals surface area (Å²) in [5.74, 6) is -0.782. The smallest absolute Gasteiger partial charge is 0.232 e. The molecule has 0 aromatic heterocycles. The Morgan fingerprint density at radius 2 is 1.88 bits per heavy atom. The molecular formula is C19H23FN2O3S. The first-order chi connectivity index (χ1) is 12.3. The average Bonchev–Trinajstić information content (AvgIpc) is 2.57. The summed E-state index contributed by atoms with van der Waals surface area (Å²) in [5.41, 5.74) is 2.11. The normalized spacial score (nSPS) is 11.2. The number of carbonyl (C=O) groups excluding carboxylic acids is 1. The van der Waals surface area contributed by atoms with Crippen molar-refractivity contribution in [1.82, 2.24) is 5.32 Å². The number of benzene rings is 2. The van der Waals surface area contributed by atoms with Crippen LogP contribution < -0.4 is 9.62 Å². The molecule has 1 amide bonds. The molecule has 0 unspecified atom stereocenters. The standard InChI is InChI=1S/C19H23FN2O3S/c1-15-7-5-8-16(13-15)14-21-19(23)11-6-12-22(26(2,24)25)18-10-4-3-9-17(18)20/h3-5,7-10,13H,6,11-12,14H2,1-2H3,(H,21,23). The fourth-order valence-electron chi connectivity index (χ4n) is 2.61. The van der Waals surface area contributed by atoms with E-state index >= 15 is 0 Å². The highest BCUT2D eigenvalue weighted by Crippen LogP contribution is 2.21. The Kier molecular flexibility index (Phi) is 6.74. The Labute approximate surface area is 153 Å². The zero-order chi connectivity index (χ0) is 19.2. The van der Waals surface area contributed by atoms with Crippen molar-refractivity contribution < 1.29 is 17.6 Å². The average molecular weight is 378 g/mol. The molecule has 2 aromatic carbocycles. The van der Waals surface area contributed by atoms with Crippen LogP contribution in [0.25, 0.3) is 0 Å². The van der Waals surface area contributed by atoms with E-state index in [1.165, 1.54) is 18.2 Å². The van der Waals surface area contributed by atoms with Crippen LogP contribution in [0.4, 0.5) is 10.1 Å². The third-order valence-electron chi connectivity index (χ3n) is 3.86. The molecule has 0 aliphatic rings. The molecule has 0 aliphatic carbocycles. The van der Waals surface area contributed by atoms with E-state index in [1.54, 1.807) is 6.07 Å². The molecule has 5 nitrogen and oxygen atoms in total. The number of anilines is 1. The molecule has 0 spiro atoms. The van der Waals surface area contributed by atoms with Crippen LogP contribution >= 0.6 is 0 Å². The maximum Gasteiger partial charge on any atom is 0.232 e. The van der Waals surface area contributed by atoms with Crippen LogP contribution in [0.15, 0.2) is 48.5 Å². The Morgan fingerprint density at radius 1 is 1.15 bits per heavy atom. The third kappa shape index (κ3) is 5.84. The summed E-state index contributed by atoms with van der Waals surface area (Å²) < 4.78 is 38.8. The third-order valence-corrected chi connectivity index (χ3v) is 5.04. The molecule has 7 heteroatoms. The van der Waals surface area contributed by atoms with E-state index in [1.807, 2.05) is 31.2 Å². The molecule has 0 atom stereocenters. The second-order valence-electron chi connectivity index (χ2n) is 6.16. The monoisotopic (exact) mass is 378 g/mol. The van der Waals surface area contributed by atoms with Gasteiger partial charge in [0.2, 0.25) is 15.9 Å². The molecule has 0 heterocycles. The fourth-order valence-corrected chi connectivity index (χ4v) is 3.58. The minimum Gasteiger partial charge on any atom is -0.352 e. The number of sulfonamides is 1. The lowest BCUT2D eigenvalue weighted by atomic mass is 10.1. The van der Waals surface area contributed by atoms with Crippen LogP contribution in [0.3, 0.4) is 0 Å². The largest absolute Gasteiger partial charge is 0.352 e. The van der Waals surface area contributed by atoms with Crippen molar-refractivity contribution >= 4 is 21.6 Å². The van der Waals surface area contributed by atoms with Gasteiger partial charge in [0.15, 0.2) is 0 Å². The molecule has 26 heavy (non-hydrogen) atoms. The molecule has 0 bridgehead atoms. The summed E-state index contributed by atoms with van der Waals surface area (Å²) in [5, 5.41) is 2.81. The van der Waals surface area contributed by atoms with Gasteiger partial charge in [-0.05, 0) is 31.0 Å². The Morgan fingerprint density at radius 3 is 2.54 bits per heavy atom. The number of halogens is 1. The second-order valence-corrected chi connectivity index (χ2v) is 8.06. The van der Waals surface area contributed by atoms with Crippen LogP contribution in [-0.4, -0.2) is 27.1 Å². The molecule has 2 rings (SSSR count). The minimum atomic E-state index is -3.64. The lowest BCUT2D eigenvalue weighted by molar-refractivity contribution is -0.121. The summed E-state index contributed by atoms with van der Waals surface area (Å²) >= 11 is 0. The van der Waals surface area contributed by atoms with Crippen molar-refractivity contribution in [3.8, 4) is 0 Å². The number of nitrogens with zero attached hydrogens (tertiary/aromatic N) is 1. The van der Waals surface area contributed by atoms with Crippen LogP contribution in [-0.2, 0) is 21.4 Å². The van der Waals surface area contributed by atoms with E-state index in [9.17, 15) is 17.6 Å². The SMILES string of the molecule is Cc1cccc(CNC(=O)CCCN(c2ccccc2F)S(C)(=O)=O)c1. The van der Waals surface area contributed by atoms with Crippen molar-refractivity contribution in [2.75, 3.05) is 17.1 Å². The molecule has 1 N–H and O–H groups in total. The summed E-state index contributed by atoms with van der Waals surface area (Å²) in [6.45, 7) is 2.44. The number of hydrogen-bond donors (Lipinski definition) is 1. The Bertz CT molecular complexity index is 869. The summed E-state index contributed by atoms with van der Waals surface area (Å²) in [4.78, 5) is 12.0. The lowest BCUT2D eigenvalue weighted by Crippen LogP contribution is -2.32. The molecule has 0 fully saturated rings. The quantitative estimate of drug-likeness (QED) is 0.768. The van der Waals surface area contributed by atoms with Gasteiger partial charge < -0.3 is 5.32 Å². The molecule has 0 saturated heterocycles. The molecule has 0 aliphatic heterocycles. The van der Waals surface area contributed by atoms with E-state index in [-0.39, 0.29) is 24.6 Å². The Hall–Kier alpha value is -2.41. The predicted molar refractivity (Wildman–Crippen MR) is 101 cm³/mol. The zero-order valence-electron chi connectivity index (χ0n) is 14.9. The van der Waals surface area contributed by atoms with Gasteiger partial charge in [0.05, 0.1) is 11.9 Å². The second kappa shape index (κ2) is 8.80. The molecule has 0 radical (unpaired) electrons. The predicted octanol–water partition coefficient (Wildman–Crippen LogP) is 3.00. The van der Waals surface area contributed by atoms with Crippen molar-refractivity contribution in [2.45, 2.75) is 26.3 Å². The van der Waals surface area contributed by atoms with Gasteiger partial charge in [-0.1, -0.05) is 42.0 Å². The highest BCUT2D eigenvalue weighted by atomic mass is 32.2. The van der Waals surface area contributed by atoms with Crippen LogP contribution in [0, 0.1) is 12.7 Å². The number of para-hydroxylation sites is 1. The molecule has 2 aromatic rings. The van der Waals surface area contributed by atoms with Gasteiger partial charge in [-0.2, -0.15) is 0 Å².